The molecule has 0 aliphatic carbocycles. The number of aromatic nitrogens is 2. The molecule has 0 spiro atoms. The number of aryl methyl sites for hydroxylation is 2. The molecule has 28 heavy (non-hydrogen) atoms. The van der Waals surface area contributed by atoms with Crippen LogP contribution in [0.15, 0.2) is 41.8 Å². The summed E-state index contributed by atoms with van der Waals surface area (Å²) in [6, 6.07) is 12.1. The molecule has 0 atom stereocenters. The minimum absolute atomic E-state index is 0.130. The van der Waals surface area contributed by atoms with Crippen LogP contribution in [0.4, 0.5) is 5.82 Å². The smallest absolute Gasteiger partial charge is 0.264 e. The molecule has 5 nitrogen and oxygen atoms in total. The van der Waals surface area contributed by atoms with Crippen molar-refractivity contribution in [2.24, 2.45) is 0 Å². The minimum atomic E-state index is 0.130. The van der Waals surface area contributed by atoms with Crippen molar-refractivity contribution in [1.82, 2.24) is 14.9 Å². The highest BCUT2D eigenvalue weighted by atomic mass is 32.1. The fourth-order valence-corrected chi connectivity index (χ4v) is 4.12. The molecule has 144 valence electrons. The highest BCUT2D eigenvalue weighted by Gasteiger charge is 2.25. The molecule has 0 N–H and O–H groups in total. The van der Waals surface area contributed by atoms with E-state index in [1.54, 1.807) is 0 Å². The first-order valence-corrected chi connectivity index (χ1v) is 10.4. The second kappa shape index (κ2) is 7.72. The molecule has 4 rings (SSSR count). The minimum Gasteiger partial charge on any atom is -0.353 e. The number of carbonyl (C=O) groups excluding carboxylic acids is 1. The third-order valence-corrected chi connectivity index (χ3v) is 6.13. The van der Waals surface area contributed by atoms with E-state index in [9.17, 15) is 4.79 Å². The lowest BCUT2D eigenvalue weighted by Gasteiger charge is -2.36. The van der Waals surface area contributed by atoms with E-state index in [4.69, 9.17) is 9.97 Å². The van der Waals surface area contributed by atoms with Crippen LogP contribution in [0, 0.1) is 20.8 Å². The third kappa shape index (κ3) is 3.64. The maximum Gasteiger partial charge on any atom is 0.264 e. The molecule has 1 fully saturated rings. The average molecular weight is 393 g/mol. The molecule has 1 saturated heterocycles. The Morgan fingerprint density at radius 2 is 1.68 bits per heavy atom. The van der Waals surface area contributed by atoms with E-state index < -0.39 is 0 Å². The number of anilines is 1. The lowest BCUT2D eigenvalue weighted by molar-refractivity contribution is 0.0751. The number of carbonyl (C=O) groups is 1. The van der Waals surface area contributed by atoms with Gasteiger partial charge >= 0.3 is 0 Å². The Balaban J connectivity index is 1.55. The summed E-state index contributed by atoms with van der Waals surface area (Å²) in [7, 11) is 0. The maximum absolute atomic E-state index is 12.6. The summed E-state index contributed by atoms with van der Waals surface area (Å²) >= 11 is 1.50. The van der Waals surface area contributed by atoms with Gasteiger partial charge in [-0.25, -0.2) is 9.97 Å². The number of nitrogens with zero attached hydrogens (tertiary/aromatic N) is 4. The maximum atomic E-state index is 12.6. The van der Waals surface area contributed by atoms with Gasteiger partial charge in [0.2, 0.25) is 0 Å². The first-order chi connectivity index (χ1) is 13.5. The topological polar surface area (TPSA) is 49.3 Å². The number of benzene rings is 1. The van der Waals surface area contributed by atoms with Crippen molar-refractivity contribution in [2.45, 2.75) is 20.8 Å². The zero-order chi connectivity index (χ0) is 19.7. The van der Waals surface area contributed by atoms with Crippen LogP contribution >= 0.6 is 11.3 Å². The highest BCUT2D eigenvalue weighted by molar-refractivity contribution is 7.12. The van der Waals surface area contributed by atoms with E-state index in [1.807, 2.05) is 29.3 Å². The van der Waals surface area contributed by atoms with Gasteiger partial charge in [-0.3, -0.25) is 4.79 Å². The van der Waals surface area contributed by atoms with E-state index in [0.717, 1.165) is 46.4 Å². The molecule has 1 aliphatic heterocycles. The molecule has 3 heterocycles. The first-order valence-electron chi connectivity index (χ1n) is 9.53. The van der Waals surface area contributed by atoms with Gasteiger partial charge in [-0.15, -0.1) is 11.3 Å². The molecule has 1 aliphatic rings. The van der Waals surface area contributed by atoms with Gasteiger partial charge < -0.3 is 9.80 Å². The van der Waals surface area contributed by atoms with Gasteiger partial charge in [0.1, 0.15) is 5.82 Å². The zero-order valence-electron chi connectivity index (χ0n) is 16.5. The quantitative estimate of drug-likeness (QED) is 0.674. The number of amides is 1. The number of rotatable bonds is 3. The predicted octanol–water partition coefficient (Wildman–Crippen LogP) is 4.09. The fourth-order valence-electron chi connectivity index (χ4n) is 3.43. The molecule has 0 radical (unpaired) electrons. The summed E-state index contributed by atoms with van der Waals surface area (Å²) in [5.41, 5.74) is 4.35. The predicted molar refractivity (Wildman–Crippen MR) is 114 cm³/mol. The van der Waals surface area contributed by atoms with Crippen molar-refractivity contribution in [2.75, 3.05) is 31.1 Å². The molecule has 6 heteroatoms. The van der Waals surface area contributed by atoms with Gasteiger partial charge in [0.15, 0.2) is 5.82 Å². The number of hydrogen-bond donors (Lipinski definition) is 0. The van der Waals surface area contributed by atoms with E-state index in [2.05, 4.69) is 43.0 Å². The van der Waals surface area contributed by atoms with E-state index in [1.165, 1.54) is 16.9 Å². The second-order valence-electron chi connectivity index (χ2n) is 7.20. The van der Waals surface area contributed by atoms with Gasteiger partial charge in [0, 0.05) is 43.0 Å². The summed E-state index contributed by atoms with van der Waals surface area (Å²) in [5, 5.41) is 1.95. The van der Waals surface area contributed by atoms with Crippen molar-refractivity contribution in [1.29, 1.82) is 0 Å². The Labute approximate surface area is 169 Å². The number of thiophene rings is 1. The molecule has 1 amide bonds. The molecular formula is C22H24N4OS. The van der Waals surface area contributed by atoms with Crippen molar-refractivity contribution < 1.29 is 4.79 Å². The molecular weight excluding hydrogens is 368 g/mol. The van der Waals surface area contributed by atoms with Crippen LogP contribution < -0.4 is 4.90 Å². The van der Waals surface area contributed by atoms with Gasteiger partial charge in [-0.1, -0.05) is 35.9 Å². The van der Waals surface area contributed by atoms with Crippen molar-refractivity contribution in [3.05, 3.63) is 63.5 Å². The molecule has 3 aromatic rings. The number of piperazine rings is 1. The molecule has 0 bridgehead atoms. The summed E-state index contributed by atoms with van der Waals surface area (Å²) in [6.07, 6.45) is 0. The lowest BCUT2D eigenvalue weighted by atomic mass is 10.1. The van der Waals surface area contributed by atoms with Gasteiger partial charge in [-0.2, -0.15) is 0 Å². The lowest BCUT2D eigenvalue weighted by Crippen LogP contribution is -2.49. The summed E-state index contributed by atoms with van der Waals surface area (Å²) in [4.78, 5) is 27.2. The fraction of sp³-hybridized carbons (Fsp3) is 0.318. The van der Waals surface area contributed by atoms with Crippen LogP contribution in [0.5, 0.6) is 0 Å². The Kier molecular flexibility index (Phi) is 5.13. The molecule has 2 aromatic heterocycles. The van der Waals surface area contributed by atoms with Gasteiger partial charge in [-0.05, 0) is 32.2 Å². The van der Waals surface area contributed by atoms with Crippen LogP contribution in [-0.2, 0) is 0 Å². The monoisotopic (exact) mass is 392 g/mol. The standard InChI is InChI=1S/C22H24N4OS/c1-15-6-8-18(9-7-15)20-23-17(3)16(2)21(24-20)25-10-12-26(13-11-25)22(27)19-5-4-14-28-19/h4-9,14H,10-13H2,1-3H3. The second-order valence-corrected chi connectivity index (χ2v) is 8.15. The van der Waals surface area contributed by atoms with Crippen LogP contribution in [0.1, 0.15) is 26.5 Å². The third-order valence-electron chi connectivity index (χ3n) is 5.27. The SMILES string of the molecule is Cc1ccc(-c2nc(C)c(C)c(N3CCN(C(=O)c4cccs4)CC3)n2)cc1. The highest BCUT2D eigenvalue weighted by Crippen LogP contribution is 2.26. The Hall–Kier alpha value is -2.73. The number of hydrogen-bond acceptors (Lipinski definition) is 5. The Morgan fingerprint density at radius 1 is 0.964 bits per heavy atom. The normalized spacial score (nSPS) is 14.4. The summed E-state index contributed by atoms with van der Waals surface area (Å²) in [5.74, 6) is 1.87. The van der Waals surface area contributed by atoms with Crippen LogP contribution in [-0.4, -0.2) is 47.0 Å². The average Bonchev–Trinajstić information content (AvgIpc) is 3.25. The van der Waals surface area contributed by atoms with Crippen molar-refractivity contribution >= 4 is 23.1 Å². The summed E-state index contributed by atoms with van der Waals surface area (Å²) < 4.78 is 0. The van der Waals surface area contributed by atoms with Gasteiger partial charge in [0.25, 0.3) is 5.91 Å². The summed E-state index contributed by atoms with van der Waals surface area (Å²) in [6.45, 7) is 9.16. The Morgan fingerprint density at radius 3 is 2.32 bits per heavy atom. The molecule has 1 aromatic carbocycles. The Bertz CT molecular complexity index is 975. The van der Waals surface area contributed by atoms with Gasteiger partial charge in [0.05, 0.1) is 4.88 Å². The first kappa shape index (κ1) is 18.6. The molecule has 0 saturated carbocycles. The van der Waals surface area contributed by atoms with Crippen molar-refractivity contribution in [3.8, 4) is 11.4 Å². The van der Waals surface area contributed by atoms with Crippen LogP contribution in [0.2, 0.25) is 0 Å². The molecule has 0 unspecified atom stereocenters. The van der Waals surface area contributed by atoms with Crippen molar-refractivity contribution in [3.63, 3.8) is 0 Å². The van der Waals surface area contributed by atoms with E-state index >= 15 is 0 Å². The van der Waals surface area contributed by atoms with Crippen LogP contribution in [0.3, 0.4) is 0 Å². The van der Waals surface area contributed by atoms with E-state index in [-0.39, 0.29) is 5.91 Å². The van der Waals surface area contributed by atoms with E-state index in [0.29, 0.717) is 13.1 Å². The zero-order valence-corrected chi connectivity index (χ0v) is 17.3. The largest absolute Gasteiger partial charge is 0.353 e. The van der Waals surface area contributed by atoms with Crippen LogP contribution in [0.25, 0.3) is 11.4 Å².